The number of aromatic nitrogens is 4. The molecule has 0 bridgehead atoms. The summed E-state index contributed by atoms with van der Waals surface area (Å²) in [7, 11) is 1.57. The third-order valence-corrected chi connectivity index (χ3v) is 3.49. The molecule has 0 saturated carbocycles. The molecule has 0 aliphatic rings. The molecule has 0 saturated heterocycles. The van der Waals surface area contributed by atoms with Crippen LogP contribution in [0, 0.1) is 0 Å². The van der Waals surface area contributed by atoms with Gasteiger partial charge in [0.2, 0.25) is 0 Å². The molecule has 0 atom stereocenters. The van der Waals surface area contributed by atoms with Crippen LogP contribution in [0.4, 0.5) is 5.69 Å². The molecule has 3 aromatic rings. The second-order valence-electron chi connectivity index (χ2n) is 5.17. The minimum Gasteiger partial charge on any atom is -0.362 e. The molecular weight excluding hydrogens is 330 g/mol. The van der Waals surface area contributed by atoms with Crippen molar-refractivity contribution < 1.29 is 9.53 Å². The zero-order valence-corrected chi connectivity index (χ0v) is 13.8. The molecule has 0 unspecified atom stereocenters. The van der Waals surface area contributed by atoms with Crippen molar-refractivity contribution >= 4 is 23.2 Å². The van der Waals surface area contributed by atoms with E-state index in [1.165, 1.54) is 4.68 Å². The van der Waals surface area contributed by atoms with Crippen molar-refractivity contribution in [2.24, 2.45) is 0 Å². The van der Waals surface area contributed by atoms with E-state index in [-0.39, 0.29) is 5.91 Å². The highest BCUT2D eigenvalue weighted by Gasteiger charge is 2.11. The first-order valence-electron chi connectivity index (χ1n) is 7.24. The van der Waals surface area contributed by atoms with Crippen LogP contribution in [0.1, 0.15) is 16.1 Å². The summed E-state index contributed by atoms with van der Waals surface area (Å²) in [6, 6.07) is 9.19. The summed E-state index contributed by atoms with van der Waals surface area (Å²) in [6.45, 7) is 0.865. The Morgan fingerprint density at radius 1 is 1.33 bits per heavy atom. The van der Waals surface area contributed by atoms with Crippen molar-refractivity contribution in [2.45, 2.75) is 13.3 Å². The highest BCUT2D eigenvalue weighted by atomic mass is 35.5. The topological polar surface area (TPSA) is 74.0 Å². The van der Waals surface area contributed by atoms with Crippen LogP contribution < -0.4 is 5.32 Å². The van der Waals surface area contributed by atoms with Crippen molar-refractivity contribution in [3.8, 4) is 0 Å². The van der Waals surface area contributed by atoms with Gasteiger partial charge in [-0.1, -0.05) is 23.7 Å². The van der Waals surface area contributed by atoms with Crippen molar-refractivity contribution in [3.05, 3.63) is 65.2 Å². The van der Waals surface area contributed by atoms with Gasteiger partial charge in [0.1, 0.15) is 6.73 Å². The quantitative estimate of drug-likeness (QED) is 0.745. The highest BCUT2D eigenvalue weighted by Crippen LogP contribution is 2.13. The van der Waals surface area contributed by atoms with Crippen LogP contribution in [0.3, 0.4) is 0 Å². The van der Waals surface area contributed by atoms with Gasteiger partial charge in [0.05, 0.1) is 18.4 Å². The van der Waals surface area contributed by atoms with Crippen LogP contribution in [-0.4, -0.2) is 32.6 Å². The van der Waals surface area contributed by atoms with E-state index in [4.69, 9.17) is 16.3 Å². The summed E-state index contributed by atoms with van der Waals surface area (Å²) in [5.41, 5.74) is 1.94. The monoisotopic (exact) mass is 345 g/mol. The van der Waals surface area contributed by atoms with E-state index in [2.05, 4.69) is 15.5 Å². The number of hydrogen-bond acceptors (Lipinski definition) is 4. The Balaban J connectivity index is 1.63. The molecule has 7 nitrogen and oxygen atoms in total. The maximum atomic E-state index is 12.2. The Bertz CT molecular complexity index is 842. The van der Waals surface area contributed by atoms with Crippen LogP contribution in [-0.2, 0) is 18.0 Å². The zero-order valence-electron chi connectivity index (χ0n) is 13.0. The molecule has 0 aliphatic heterocycles. The van der Waals surface area contributed by atoms with Crippen molar-refractivity contribution in [1.82, 2.24) is 19.6 Å². The molecule has 1 N–H and O–H groups in total. The number of anilines is 1. The molecule has 24 heavy (non-hydrogen) atoms. The minimum absolute atomic E-state index is 0.296. The maximum absolute atomic E-state index is 12.2. The Labute approximate surface area is 143 Å². The number of carbonyl (C=O) groups is 1. The van der Waals surface area contributed by atoms with Gasteiger partial charge < -0.3 is 10.1 Å². The van der Waals surface area contributed by atoms with Gasteiger partial charge in [-0.15, -0.1) is 0 Å². The molecule has 124 valence electrons. The number of rotatable bonds is 6. The first-order chi connectivity index (χ1) is 11.6. The molecule has 8 heteroatoms. The van der Waals surface area contributed by atoms with Crippen molar-refractivity contribution in [3.63, 3.8) is 0 Å². The molecule has 0 radical (unpaired) electrons. The fourth-order valence-electron chi connectivity index (χ4n) is 2.22. The normalized spacial score (nSPS) is 10.8. The molecule has 1 amide bonds. The number of ether oxygens (including phenoxy) is 1. The molecule has 0 spiro atoms. The summed E-state index contributed by atoms with van der Waals surface area (Å²) >= 11 is 5.97. The lowest BCUT2D eigenvalue weighted by Crippen LogP contribution is -2.13. The lowest BCUT2D eigenvalue weighted by Gasteiger charge is -2.02. The summed E-state index contributed by atoms with van der Waals surface area (Å²) in [4.78, 5) is 12.2. The lowest BCUT2D eigenvalue weighted by molar-refractivity contribution is 0.101. The number of nitrogens with one attached hydrogen (secondary N) is 1. The summed E-state index contributed by atoms with van der Waals surface area (Å²) in [6.07, 6.45) is 5.03. The molecule has 1 aromatic carbocycles. The highest BCUT2D eigenvalue weighted by molar-refractivity contribution is 6.30. The van der Waals surface area contributed by atoms with E-state index in [0.717, 1.165) is 5.56 Å². The first kappa shape index (κ1) is 16.2. The van der Waals surface area contributed by atoms with Gasteiger partial charge in [-0.05, 0) is 23.8 Å². The summed E-state index contributed by atoms with van der Waals surface area (Å²) in [5, 5.41) is 11.8. The van der Waals surface area contributed by atoms with Gasteiger partial charge in [-0.25, -0.2) is 4.68 Å². The number of hydrogen-bond donors (Lipinski definition) is 1. The molecule has 2 heterocycles. The van der Waals surface area contributed by atoms with Gasteiger partial charge in [0.15, 0.2) is 5.69 Å². The fraction of sp³-hybridized carbons (Fsp3) is 0.188. The van der Waals surface area contributed by atoms with Crippen molar-refractivity contribution in [2.75, 3.05) is 12.4 Å². The Morgan fingerprint density at radius 3 is 3.00 bits per heavy atom. The van der Waals surface area contributed by atoms with E-state index < -0.39 is 0 Å². The molecule has 3 rings (SSSR count). The SMILES string of the molecule is COCn1ccc(C(=O)Nc2cnn(Cc3cccc(Cl)c3)c2)n1. The summed E-state index contributed by atoms with van der Waals surface area (Å²) < 4.78 is 8.22. The molecule has 2 aromatic heterocycles. The van der Waals surface area contributed by atoms with Crippen LogP contribution in [0.15, 0.2) is 48.9 Å². The van der Waals surface area contributed by atoms with E-state index in [0.29, 0.717) is 29.7 Å². The smallest absolute Gasteiger partial charge is 0.276 e. The third kappa shape index (κ3) is 4.01. The van der Waals surface area contributed by atoms with E-state index >= 15 is 0 Å². The zero-order chi connectivity index (χ0) is 16.9. The lowest BCUT2D eigenvalue weighted by atomic mass is 10.2. The van der Waals surface area contributed by atoms with Crippen LogP contribution >= 0.6 is 11.6 Å². The molecule has 0 aliphatic carbocycles. The largest absolute Gasteiger partial charge is 0.362 e. The van der Waals surface area contributed by atoms with E-state index in [1.807, 2.05) is 24.3 Å². The Hall–Kier alpha value is -2.64. The second kappa shape index (κ2) is 7.29. The molecular formula is C16H16ClN5O2. The number of carbonyl (C=O) groups excluding carboxylic acids is 1. The third-order valence-electron chi connectivity index (χ3n) is 3.26. The van der Waals surface area contributed by atoms with Crippen LogP contribution in [0.5, 0.6) is 0 Å². The number of benzene rings is 1. The second-order valence-corrected chi connectivity index (χ2v) is 5.61. The predicted octanol–water partition coefficient (Wildman–Crippen LogP) is 2.64. The number of methoxy groups -OCH3 is 1. The van der Waals surface area contributed by atoms with Gasteiger partial charge >= 0.3 is 0 Å². The van der Waals surface area contributed by atoms with Gasteiger partial charge in [0, 0.05) is 24.5 Å². The summed E-state index contributed by atoms with van der Waals surface area (Å²) in [5.74, 6) is -0.299. The predicted molar refractivity (Wildman–Crippen MR) is 90.0 cm³/mol. The maximum Gasteiger partial charge on any atom is 0.276 e. The van der Waals surface area contributed by atoms with Crippen molar-refractivity contribution in [1.29, 1.82) is 0 Å². The number of halogens is 1. The number of amides is 1. The van der Waals surface area contributed by atoms with Crippen LogP contribution in [0.2, 0.25) is 5.02 Å². The average Bonchev–Trinajstić information content (AvgIpc) is 3.17. The van der Waals surface area contributed by atoms with E-state index in [9.17, 15) is 4.79 Å². The fourth-order valence-corrected chi connectivity index (χ4v) is 2.43. The molecule has 0 fully saturated rings. The van der Waals surface area contributed by atoms with Gasteiger partial charge in [-0.3, -0.25) is 9.48 Å². The number of nitrogens with zero attached hydrogens (tertiary/aromatic N) is 4. The standard InChI is InChI=1S/C16H16ClN5O2/c1-24-11-21-6-5-15(20-21)16(23)19-14-8-18-22(10-14)9-12-3-2-4-13(17)7-12/h2-8,10H,9,11H2,1H3,(H,19,23). The average molecular weight is 346 g/mol. The van der Waals surface area contributed by atoms with Crippen LogP contribution in [0.25, 0.3) is 0 Å². The van der Waals surface area contributed by atoms with E-state index in [1.54, 1.807) is 36.4 Å². The minimum atomic E-state index is -0.299. The first-order valence-corrected chi connectivity index (χ1v) is 7.62. The van der Waals surface area contributed by atoms with Gasteiger partial charge in [-0.2, -0.15) is 10.2 Å². The Morgan fingerprint density at radius 2 is 2.21 bits per heavy atom. The van der Waals surface area contributed by atoms with Gasteiger partial charge in [0.25, 0.3) is 5.91 Å². The Kier molecular flexibility index (Phi) is 4.93.